The summed E-state index contributed by atoms with van der Waals surface area (Å²) in [7, 11) is 1.84. The second-order valence-electron chi connectivity index (χ2n) is 7.58. The maximum atomic E-state index is 11.6. The lowest BCUT2D eigenvalue weighted by Crippen LogP contribution is -2.51. The van der Waals surface area contributed by atoms with Crippen molar-refractivity contribution in [3.8, 4) is 0 Å². The van der Waals surface area contributed by atoms with E-state index in [0.29, 0.717) is 12.5 Å². The number of nitrogens with one attached hydrogen (secondary N) is 2. The van der Waals surface area contributed by atoms with Crippen LogP contribution in [0.2, 0.25) is 0 Å². The van der Waals surface area contributed by atoms with Crippen LogP contribution in [0.4, 0.5) is 0 Å². The summed E-state index contributed by atoms with van der Waals surface area (Å²) < 4.78 is 5.98. The van der Waals surface area contributed by atoms with Crippen LogP contribution in [0.1, 0.15) is 51.4 Å². The third-order valence-corrected chi connectivity index (χ3v) is 5.66. The minimum absolute atomic E-state index is 0. The van der Waals surface area contributed by atoms with Gasteiger partial charge in [-0.2, -0.15) is 0 Å². The van der Waals surface area contributed by atoms with Gasteiger partial charge in [0.15, 0.2) is 5.96 Å². The molecule has 25 heavy (non-hydrogen) atoms. The summed E-state index contributed by atoms with van der Waals surface area (Å²) in [5.74, 6) is 1.14. The minimum Gasteiger partial charge on any atom is -0.376 e. The number of likely N-dealkylation sites (tertiary alicyclic amines) is 1. The lowest BCUT2D eigenvalue weighted by atomic mass is 9.79. The average molecular weight is 464 g/mol. The van der Waals surface area contributed by atoms with Gasteiger partial charge in [0.2, 0.25) is 5.91 Å². The Morgan fingerprint density at radius 3 is 2.84 bits per heavy atom. The summed E-state index contributed by atoms with van der Waals surface area (Å²) in [5.41, 5.74) is 0.103. The van der Waals surface area contributed by atoms with Crippen molar-refractivity contribution in [1.82, 2.24) is 15.5 Å². The van der Waals surface area contributed by atoms with E-state index in [1.165, 1.54) is 32.1 Å². The number of amides is 1. The number of rotatable bonds is 4. The number of carbonyl (C=O) groups is 1. The van der Waals surface area contributed by atoms with Gasteiger partial charge in [-0.15, -0.1) is 24.0 Å². The fourth-order valence-electron chi connectivity index (χ4n) is 4.38. The van der Waals surface area contributed by atoms with Crippen LogP contribution in [0.5, 0.6) is 0 Å². The Bertz CT molecular complexity index is 468. The Labute approximate surface area is 168 Å². The molecule has 3 aliphatic rings. The standard InChI is InChI=1S/C18H32N4O2.HI/c1-19-17(20-9-11-24-15-6-3-2-4-7-15)22-10-5-8-18(14-22)12-16(23)21-13-18;/h15H,2-14H2,1H3,(H,19,20)(H,21,23);1H. The molecule has 2 saturated heterocycles. The van der Waals surface area contributed by atoms with Gasteiger partial charge in [-0.1, -0.05) is 19.3 Å². The summed E-state index contributed by atoms with van der Waals surface area (Å²) in [5, 5.41) is 6.44. The summed E-state index contributed by atoms with van der Waals surface area (Å²) >= 11 is 0. The molecule has 144 valence electrons. The Morgan fingerprint density at radius 1 is 1.36 bits per heavy atom. The molecule has 1 unspecified atom stereocenters. The van der Waals surface area contributed by atoms with Gasteiger partial charge >= 0.3 is 0 Å². The monoisotopic (exact) mass is 464 g/mol. The SMILES string of the molecule is CN=C(NCCOC1CCCCC1)N1CCCC2(CNC(=O)C2)C1.I. The lowest BCUT2D eigenvalue weighted by molar-refractivity contribution is -0.119. The van der Waals surface area contributed by atoms with Gasteiger partial charge in [0.05, 0.1) is 12.7 Å². The zero-order chi connectivity index (χ0) is 16.8. The van der Waals surface area contributed by atoms with E-state index in [-0.39, 0.29) is 35.3 Å². The van der Waals surface area contributed by atoms with Crippen molar-refractivity contribution in [2.24, 2.45) is 10.4 Å². The lowest BCUT2D eigenvalue weighted by Gasteiger charge is -2.40. The molecule has 6 nitrogen and oxygen atoms in total. The molecule has 7 heteroatoms. The highest BCUT2D eigenvalue weighted by Gasteiger charge is 2.42. The first kappa shape index (κ1) is 20.7. The van der Waals surface area contributed by atoms with Crippen LogP contribution in [-0.2, 0) is 9.53 Å². The van der Waals surface area contributed by atoms with Gasteiger partial charge < -0.3 is 20.3 Å². The maximum absolute atomic E-state index is 11.6. The number of ether oxygens (including phenoxy) is 1. The van der Waals surface area contributed by atoms with E-state index < -0.39 is 0 Å². The summed E-state index contributed by atoms with van der Waals surface area (Å²) in [6, 6.07) is 0. The molecule has 1 spiro atoms. The van der Waals surface area contributed by atoms with Crippen LogP contribution in [0.3, 0.4) is 0 Å². The molecule has 1 aliphatic carbocycles. The average Bonchev–Trinajstić information content (AvgIpc) is 2.96. The molecule has 1 amide bonds. The molecule has 3 rings (SSSR count). The van der Waals surface area contributed by atoms with Crippen molar-refractivity contribution >= 4 is 35.8 Å². The molecule has 0 radical (unpaired) electrons. The van der Waals surface area contributed by atoms with E-state index in [2.05, 4.69) is 20.5 Å². The normalized spacial score (nSPS) is 28.0. The van der Waals surface area contributed by atoms with Crippen LogP contribution < -0.4 is 10.6 Å². The largest absolute Gasteiger partial charge is 0.376 e. The number of piperidine rings is 1. The van der Waals surface area contributed by atoms with E-state index in [9.17, 15) is 4.79 Å². The first-order valence-electron chi connectivity index (χ1n) is 9.55. The first-order valence-corrected chi connectivity index (χ1v) is 9.55. The zero-order valence-corrected chi connectivity index (χ0v) is 17.7. The first-order chi connectivity index (χ1) is 11.7. The van der Waals surface area contributed by atoms with Crippen LogP contribution in [0.25, 0.3) is 0 Å². The molecule has 2 heterocycles. The van der Waals surface area contributed by atoms with Crippen molar-refractivity contribution in [3.63, 3.8) is 0 Å². The molecule has 2 N–H and O–H groups in total. The van der Waals surface area contributed by atoms with Gasteiger partial charge in [0.25, 0.3) is 0 Å². The van der Waals surface area contributed by atoms with Gasteiger partial charge in [-0.25, -0.2) is 0 Å². The number of carbonyl (C=O) groups excluding carboxylic acids is 1. The fourth-order valence-corrected chi connectivity index (χ4v) is 4.38. The number of hydrogen-bond acceptors (Lipinski definition) is 3. The van der Waals surface area contributed by atoms with Gasteiger partial charge in [-0.3, -0.25) is 9.79 Å². The Morgan fingerprint density at radius 2 is 2.16 bits per heavy atom. The van der Waals surface area contributed by atoms with E-state index in [1.54, 1.807) is 0 Å². The summed E-state index contributed by atoms with van der Waals surface area (Å²) in [6.07, 6.45) is 9.76. The molecule has 0 bridgehead atoms. The van der Waals surface area contributed by atoms with Crippen molar-refractivity contribution in [2.75, 3.05) is 39.8 Å². The Hall–Kier alpha value is -0.570. The highest BCUT2D eigenvalue weighted by molar-refractivity contribution is 14.0. The van der Waals surface area contributed by atoms with Crippen molar-refractivity contribution in [3.05, 3.63) is 0 Å². The second kappa shape index (κ2) is 9.94. The number of guanidine groups is 1. The maximum Gasteiger partial charge on any atom is 0.220 e. The number of nitrogens with zero attached hydrogens (tertiary/aromatic N) is 2. The molecule has 1 saturated carbocycles. The molecular formula is C18H33IN4O2. The van der Waals surface area contributed by atoms with Crippen LogP contribution >= 0.6 is 24.0 Å². The smallest absolute Gasteiger partial charge is 0.220 e. The predicted molar refractivity (Wildman–Crippen MR) is 110 cm³/mol. The van der Waals surface area contributed by atoms with Crippen molar-refractivity contribution < 1.29 is 9.53 Å². The van der Waals surface area contributed by atoms with E-state index in [4.69, 9.17) is 4.74 Å². The molecule has 2 aliphatic heterocycles. The van der Waals surface area contributed by atoms with Crippen LogP contribution in [0, 0.1) is 5.41 Å². The fraction of sp³-hybridized carbons (Fsp3) is 0.889. The van der Waals surface area contributed by atoms with Crippen molar-refractivity contribution in [2.45, 2.75) is 57.5 Å². The predicted octanol–water partition coefficient (Wildman–Crippen LogP) is 2.13. The molecule has 1 atom stereocenters. The van der Waals surface area contributed by atoms with E-state index in [1.807, 2.05) is 7.05 Å². The van der Waals surface area contributed by atoms with Crippen LogP contribution in [0.15, 0.2) is 4.99 Å². The third kappa shape index (κ3) is 5.70. The van der Waals surface area contributed by atoms with E-state index >= 15 is 0 Å². The highest BCUT2D eigenvalue weighted by atomic mass is 127. The number of aliphatic imine (C=N–C) groups is 1. The summed E-state index contributed by atoms with van der Waals surface area (Å²) in [4.78, 5) is 18.4. The Kier molecular flexibility index (Phi) is 8.25. The van der Waals surface area contributed by atoms with Gasteiger partial charge in [-0.05, 0) is 25.7 Å². The molecule has 3 fully saturated rings. The zero-order valence-electron chi connectivity index (χ0n) is 15.4. The second-order valence-corrected chi connectivity index (χ2v) is 7.58. The molecule has 0 aromatic heterocycles. The minimum atomic E-state index is 0. The third-order valence-electron chi connectivity index (χ3n) is 5.66. The van der Waals surface area contributed by atoms with Crippen LogP contribution in [-0.4, -0.2) is 62.7 Å². The molecular weight excluding hydrogens is 431 g/mol. The van der Waals surface area contributed by atoms with E-state index in [0.717, 1.165) is 51.6 Å². The Balaban J connectivity index is 0.00000225. The topological polar surface area (TPSA) is 66.0 Å². The number of halogens is 1. The molecule has 0 aromatic carbocycles. The van der Waals surface area contributed by atoms with Gasteiger partial charge in [0, 0.05) is 45.1 Å². The summed E-state index contributed by atoms with van der Waals surface area (Å²) in [6.45, 7) is 4.27. The number of hydrogen-bond donors (Lipinski definition) is 2. The molecule has 0 aromatic rings. The van der Waals surface area contributed by atoms with Crippen molar-refractivity contribution in [1.29, 1.82) is 0 Å². The van der Waals surface area contributed by atoms with Gasteiger partial charge in [0.1, 0.15) is 0 Å². The highest BCUT2D eigenvalue weighted by Crippen LogP contribution is 2.35. The quantitative estimate of drug-likeness (QED) is 0.290.